The van der Waals surface area contributed by atoms with E-state index >= 15 is 0 Å². The summed E-state index contributed by atoms with van der Waals surface area (Å²) in [4.78, 5) is 27.0. The van der Waals surface area contributed by atoms with Crippen LogP contribution in [0.4, 0.5) is 5.69 Å². The molecule has 1 saturated heterocycles. The molecule has 2 aliphatic rings. The molecule has 0 atom stereocenters. The number of para-hydroxylation sites is 1. The van der Waals surface area contributed by atoms with Crippen LogP contribution < -0.4 is 5.32 Å². The average molecular weight is 314 g/mol. The van der Waals surface area contributed by atoms with Gasteiger partial charge in [-0.2, -0.15) is 0 Å². The van der Waals surface area contributed by atoms with Crippen LogP contribution in [0, 0.1) is 11.3 Å². The van der Waals surface area contributed by atoms with E-state index in [9.17, 15) is 9.59 Å². The summed E-state index contributed by atoms with van der Waals surface area (Å²) >= 11 is 0. The molecular weight excluding hydrogens is 288 g/mol. The topological polar surface area (TPSA) is 49.4 Å². The molecule has 1 aliphatic heterocycles. The Morgan fingerprint density at radius 2 is 1.70 bits per heavy atom. The highest BCUT2D eigenvalue weighted by molar-refractivity contribution is 5.92. The Kier molecular flexibility index (Phi) is 4.69. The molecule has 1 N–H and O–H groups in total. The molecule has 0 unspecified atom stereocenters. The third-order valence-electron chi connectivity index (χ3n) is 5.42. The number of carbonyl (C=O) groups is 2. The molecule has 23 heavy (non-hydrogen) atoms. The van der Waals surface area contributed by atoms with Crippen molar-refractivity contribution in [3.63, 3.8) is 0 Å². The van der Waals surface area contributed by atoms with E-state index in [-0.39, 0.29) is 17.2 Å². The van der Waals surface area contributed by atoms with Crippen molar-refractivity contribution in [1.29, 1.82) is 0 Å². The molecule has 0 spiro atoms. The number of amides is 2. The van der Waals surface area contributed by atoms with Crippen LogP contribution in [-0.2, 0) is 9.59 Å². The summed E-state index contributed by atoms with van der Waals surface area (Å²) in [5, 5.41) is 2.98. The number of benzene rings is 1. The Balaban J connectivity index is 1.52. The minimum absolute atomic E-state index is 0.00985. The first-order valence-electron chi connectivity index (χ1n) is 8.74. The van der Waals surface area contributed by atoms with Gasteiger partial charge in [0.1, 0.15) is 0 Å². The molecular formula is C19H26N2O2. The Labute approximate surface area is 138 Å². The molecule has 4 nitrogen and oxygen atoms in total. The predicted octanol–water partition coefficient (Wildman–Crippen LogP) is 3.44. The van der Waals surface area contributed by atoms with Crippen molar-refractivity contribution in [2.45, 2.75) is 45.4 Å². The lowest BCUT2D eigenvalue weighted by Crippen LogP contribution is -2.46. The Morgan fingerprint density at radius 3 is 2.30 bits per heavy atom. The normalized spacial score (nSPS) is 21.2. The fourth-order valence-electron chi connectivity index (χ4n) is 3.86. The predicted molar refractivity (Wildman–Crippen MR) is 91.0 cm³/mol. The highest BCUT2D eigenvalue weighted by Crippen LogP contribution is 2.39. The van der Waals surface area contributed by atoms with Crippen LogP contribution in [0.15, 0.2) is 30.3 Å². The minimum Gasteiger partial charge on any atom is -0.342 e. The second-order valence-electron chi connectivity index (χ2n) is 7.19. The van der Waals surface area contributed by atoms with Crippen LogP contribution >= 0.6 is 0 Å². The summed E-state index contributed by atoms with van der Waals surface area (Å²) in [6, 6.07) is 9.57. The van der Waals surface area contributed by atoms with Gasteiger partial charge in [0.2, 0.25) is 11.8 Å². The van der Waals surface area contributed by atoms with Crippen LogP contribution in [0.1, 0.15) is 45.4 Å². The average Bonchev–Trinajstić information content (AvgIpc) is 3.03. The lowest BCUT2D eigenvalue weighted by molar-refractivity contribution is -0.143. The molecule has 2 fully saturated rings. The molecule has 124 valence electrons. The summed E-state index contributed by atoms with van der Waals surface area (Å²) in [5.41, 5.74) is 0.688. The summed E-state index contributed by atoms with van der Waals surface area (Å²) in [7, 11) is 0. The Bertz CT molecular complexity index is 556. The van der Waals surface area contributed by atoms with E-state index in [4.69, 9.17) is 0 Å². The Hall–Kier alpha value is -1.84. The first-order chi connectivity index (χ1) is 11.1. The molecule has 3 rings (SSSR count). The number of hydrogen-bond donors (Lipinski definition) is 1. The van der Waals surface area contributed by atoms with E-state index in [1.54, 1.807) is 0 Å². The van der Waals surface area contributed by atoms with Crippen molar-refractivity contribution in [1.82, 2.24) is 4.90 Å². The van der Waals surface area contributed by atoms with Crippen LogP contribution in [0.25, 0.3) is 0 Å². The maximum atomic E-state index is 12.7. The van der Waals surface area contributed by atoms with Gasteiger partial charge < -0.3 is 10.2 Å². The van der Waals surface area contributed by atoms with Crippen LogP contribution in [0.3, 0.4) is 0 Å². The number of hydrogen-bond acceptors (Lipinski definition) is 2. The first-order valence-corrected chi connectivity index (χ1v) is 8.74. The lowest BCUT2D eigenvalue weighted by Gasteiger charge is -2.36. The van der Waals surface area contributed by atoms with E-state index in [1.165, 1.54) is 0 Å². The molecule has 4 heteroatoms. The zero-order chi connectivity index (χ0) is 16.3. The van der Waals surface area contributed by atoms with Gasteiger partial charge in [-0.25, -0.2) is 0 Å². The molecule has 0 bridgehead atoms. The number of piperidine rings is 1. The first kappa shape index (κ1) is 16.0. The van der Waals surface area contributed by atoms with Gasteiger partial charge in [0.05, 0.1) is 0 Å². The lowest BCUT2D eigenvalue weighted by atomic mass is 9.85. The van der Waals surface area contributed by atoms with E-state index in [2.05, 4.69) is 12.2 Å². The van der Waals surface area contributed by atoms with Crippen molar-refractivity contribution < 1.29 is 9.59 Å². The quantitative estimate of drug-likeness (QED) is 0.929. The van der Waals surface area contributed by atoms with Gasteiger partial charge in [0.15, 0.2) is 0 Å². The fourth-order valence-corrected chi connectivity index (χ4v) is 3.86. The molecule has 0 radical (unpaired) electrons. The van der Waals surface area contributed by atoms with Gasteiger partial charge in [-0.15, -0.1) is 0 Å². The summed E-state index contributed by atoms with van der Waals surface area (Å²) in [6.45, 7) is 3.53. The Morgan fingerprint density at radius 1 is 1.09 bits per heavy atom. The standard InChI is InChI=1S/C19H26N2O2/c1-19(11-5-6-12-19)18(23)21-13-9-15(10-14-21)17(22)20-16-7-3-2-4-8-16/h2-4,7-8,15H,5-6,9-14H2,1H3,(H,20,22). The number of likely N-dealkylation sites (tertiary alicyclic amines) is 1. The maximum absolute atomic E-state index is 12.7. The van der Waals surface area contributed by atoms with Crippen molar-refractivity contribution >= 4 is 17.5 Å². The summed E-state index contributed by atoms with van der Waals surface area (Å²) in [6.07, 6.45) is 5.89. The largest absolute Gasteiger partial charge is 0.342 e. The van der Waals surface area contributed by atoms with Gasteiger partial charge in [-0.1, -0.05) is 38.0 Å². The van der Waals surface area contributed by atoms with E-state index in [1.807, 2.05) is 35.2 Å². The van der Waals surface area contributed by atoms with E-state index < -0.39 is 0 Å². The van der Waals surface area contributed by atoms with Crippen LogP contribution in [0.2, 0.25) is 0 Å². The molecule has 1 saturated carbocycles. The zero-order valence-corrected chi connectivity index (χ0v) is 13.9. The molecule has 0 aromatic heterocycles. The van der Waals surface area contributed by atoms with Crippen LogP contribution in [0.5, 0.6) is 0 Å². The third-order valence-corrected chi connectivity index (χ3v) is 5.42. The highest BCUT2D eigenvalue weighted by Gasteiger charge is 2.40. The van der Waals surface area contributed by atoms with Gasteiger partial charge >= 0.3 is 0 Å². The summed E-state index contributed by atoms with van der Waals surface area (Å²) < 4.78 is 0. The highest BCUT2D eigenvalue weighted by atomic mass is 16.2. The fraction of sp³-hybridized carbons (Fsp3) is 0.579. The molecule has 2 amide bonds. The van der Waals surface area contributed by atoms with Crippen molar-refractivity contribution in [3.05, 3.63) is 30.3 Å². The molecule has 1 aliphatic carbocycles. The molecule has 1 heterocycles. The second kappa shape index (κ2) is 6.73. The SMILES string of the molecule is CC1(C(=O)N2CCC(C(=O)Nc3ccccc3)CC2)CCCC1. The number of rotatable bonds is 3. The van der Waals surface area contributed by atoms with Gasteiger partial charge in [0.25, 0.3) is 0 Å². The molecule has 1 aromatic rings. The number of nitrogens with zero attached hydrogens (tertiary/aromatic N) is 1. The minimum atomic E-state index is -0.154. The van der Waals surface area contributed by atoms with Gasteiger partial charge in [-0.05, 0) is 37.8 Å². The molecule has 1 aromatic carbocycles. The van der Waals surface area contributed by atoms with Crippen molar-refractivity contribution in [3.8, 4) is 0 Å². The summed E-state index contributed by atoms with van der Waals surface area (Å²) in [5.74, 6) is 0.392. The number of nitrogens with one attached hydrogen (secondary N) is 1. The maximum Gasteiger partial charge on any atom is 0.228 e. The van der Waals surface area contributed by atoms with E-state index in [0.717, 1.165) is 44.2 Å². The van der Waals surface area contributed by atoms with Gasteiger partial charge in [0, 0.05) is 30.1 Å². The van der Waals surface area contributed by atoms with Crippen LogP contribution in [-0.4, -0.2) is 29.8 Å². The van der Waals surface area contributed by atoms with Crippen molar-refractivity contribution in [2.75, 3.05) is 18.4 Å². The zero-order valence-electron chi connectivity index (χ0n) is 13.9. The van der Waals surface area contributed by atoms with Crippen molar-refractivity contribution in [2.24, 2.45) is 11.3 Å². The number of anilines is 1. The second-order valence-corrected chi connectivity index (χ2v) is 7.19. The monoisotopic (exact) mass is 314 g/mol. The van der Waals surface area contributed by atoms with E-state index in [0.29, 0.717) is 19.0 Å². The third kappa shape index (κ3) is 3.57. The smallest absolute Gasteiger partial charge is 0.228 e. The number of carbonyl (C=O) groups excluding carboxylic acids is 2. The van der Waals surface area contributed by atoms with Gasteiger partial charge in [-0.3, -0.25) is 9.59 Å².